The monoisotopic (exact) mass is 234 g/mol. The van der Waals surface area contributed by atoms with Crippen LogP contribution in [-0.4, -0.2) is 11.9 Å². The summed E-state index contributed by atoms with van der Waals surface area (Å²) in [6.45, 7) is 6.06. The topological polar surface area (TPSA) is 24.7 Å². The van der Waals surface area contributed by atoms with Crippen LogP contribution in [0.1, 0.15) is 12.5 Å². The van der Waals surface area contributed by atoms with Gasteiger partial charge in [0, 0.05) is 12.4 Å². The Labute approximate surface area is 107 Å². The second-order valence-electron chi connectivity index (χ2n) is 4.60. The molecule has 2 nitrogen and oxygen atoms in total. The van der Waals surface area contributed by atoms with E-state index in [1.54, 1.807) is 6.21 Å². The summed E-state index contributed by atoms with van der Waals surface area (Å²) in [7, 11) is 0. The quantitative estimate of drug-likeness (QED) is 0.707. The van der Waals surface area contributed by atoms with E-state index in [4.69, 9.17) is 4.99 Å². The SMILES string of the molecule is C=C(C)C1=Nc2ccccc2C12C=CC=NC=C2. The molecule has 0 saturated carbocycles. The smallest absolute Gasteiger partial charge is 0.0780 e. The fourth-order valence-electron chi connectivity index (χ4n) is 2.56. The second-order valence-corrected chi connectivity index (χ2v) is 4.60. The van der Waals surface area contributed by atoms with E-state index >= 15 is 0 Å². The zero-order chi connectivity index (χ0) is 12.6. The summed E-state index contributed by atoms with van der Waals surface area (Å²) in [6.07, 6.45) is 9.83. The molecule has 2 aliphatic heterocycles. The largest absolute Gasteiger partial charge is 0.265 e. The van der Waals surface area contributed by atoms with Gasteiger partial charge in [0.25, 0.3) is 0 Å². The minimum atomic E-state index is -0.307. The molecule has 1 aromatic carbocycles. The maximum Gasteiger partial charge on any atom is 0.0780 e. The normalized spacial score (nSPS) is 23.9. The molecule has 0 aliphatic carbocycles. The van der Waals surface area contributed by atoms with Gasteiger partial charge in [-0.1, -0.05) is 30.9 Å². The van der Waals surface area contributed by atoms with Crippen LogP contribution < -0.4 is 0 Å². The molecular formula is C16H14N2. The highest BCUT2D eigenvalue weighted by atomic mass is 14.8. The van der Waals surface area contributed by atoms with E-state index in [1.165, 1.54) is 5.56 Å². The van der Waals surface area contributed by atoms with E-state index < -0.39 is 0 Å². The van der Waals surface area contributed by atoms with E-state index in [1.807, 2.05) is 37.4 Å². The molecule has 88 valence electrons. The van der Waals surface area contributed by atoms with Crippen molar-refractivity contribution < 1.29 is 0 Å². The van der Waals surface area contributed by atoms with Crippen molar-refractivity contribution in [3.63, 3.8) is 0 Å². The van der Waals surface area contributed by atoms with E-state index in [2.05, 4.69) is 29.8 Å². The first kappa shape index (κ1) is 10.9. The molecular weight excluding hydrogens is 220 g/mol. The Morgan fingerprint density at radius 2 is 2.06 bits per heavy atom. The number of hydrogen-bond donors (Lipinski definition) is 0. The van der Waals surface area contributed by atoms with Crippen LogP contribution in [0.2, 0.25) is 0 Å². The average molecular weight is 234 g/mol. The predicted molar refractivity (Wildman–Crippen MR) is 76.8 cm³/mol. The Balaban J connectivity index is 2.28. The highest BCUT2D eigenvalue weighted by Gasteiger charge is 2.39. The molecule has 1 spiro atoms. The van der Waals surface area contributed by atoms with E-state index in [9.17, 15) is 0 Å². The summed E-state index contributed by atoms with van der Waals surface area (Å²) in [5.74, 6) is 0. The Morgan fingerprint density at radius 1 is 1.22 bits per heavy atom. The number of hydrogen-bond acceptors (Lipinski definition) is 2. The van der Waals surface area contributed by atoms with Crippen LogP contribution in [0.3, 0.4) is 0 Å². The molecule has 1 unspecified atom stereocenters. The third-order valence-electron chi connectivity index (χ3n) is 3.33. The zero-order valence-electron chi connectivity index (χ0n) is 10.3. The predicted octanol–water partition coefficient (Wildman–Crippen LogP) is 3.74. The van der Waals surface area contributed by atoms with Gasteiger partial charge >= 0.3 is 0 Å². The summed E-state index contributed by atoms with van der Waals surface area (Å²) in [6, 6.07) is 8.22. The molecule has 0 N–H and O–H groups in total. The van der Waals surface area contributed by atoms with E-state index in [0.29, 0.717) is 0 Å². The number of rotatable bonds is 1. The molecule has 0 amide bonds. The standard InChI is InChI=1S/C16H14N2/c1-12(2)15-16(8-5-10-17-11-9-16)13-6-3-4-7-14(13)18-15/h3-11H,1H2,2H3. The highest BCUT2D eigenvalue weighted by molar-refractivity contribution is 6.15. The fraction of sp³-hybridized carbons (Fsp3) is 0.125. The second kappa shape index (κ2) is 3.91. The third kappa shape index (κ3) is 1.42. The number of benzene rings is 1. The van der Waals surface area contributed by atoms with Crippen molar-refractivity contribution in [2.24, 2.45) is 9.98 Å². The van der Waals surface area contributed by atoms with Gasteiger partial charge in [-0.05, 0) is 36.3 Å². The fourth-order valence-corrected chi connectivity index (χ4v) is 2.56. The van der Waals surface area contributed by atoms with Crippen LogP contribution in [0.5, 0.6) is 0 Å². The van der Waals surface area contributed by atoms with Gasteiger partial charge in [0.1, 0.15) is 0 Å². The molecule has 2 heterocycles. The summed E-state index contributed by atoms with van der Waals surface area (Å²) in [4.78, 5) is 8.91. The van der Waals surface area contributed by atoms with Gasteiger partial charge in [0.15, 0.2) is 0 Å². The summed E-state index contributed by atoms with van der Waals surface area (Å²) < 4.78 is 0. The maximum absolute atomic E-state index is 4.73. The van der Waals surface area contributed by atoms with Crippen molar-refractivity contribution in [1.29, 1.82) is 0 Å². The van der Waals surface area contributed by atoms with Crippen LogP contribution in [0.25, 0.3) is 0 Å². The lowest BCUT2D eigenvalue weighted by molar-refractivity contribution is 0.938. The van der Waals surface area contributed by atoms with Gasteiger partial charge in [-0.25, -0.2) is 0 Å². The maximum atomic E-state index is 4.73. The number of nitrogens with zero attached hydrogens (tertiary/aromatic N) is 2. The summed E-state index contributed by atoms with van der Waals surface area (Å²) in [5, 5.41) is 0. The van der Waals surface area contributed by atoms with Crippen LogP contribution in [0.4, 0.5) is 5.69 Å². The molecule has 0 bridgehead atoms. The molecule has 0 radical (unpaired) electrons. The highest BCUT2D eigenvalue weighted by Crippen LogP contribution is 2.44. The van der Waals surface area contributed by atoms with E-state index in [0.717, 1.165) is 17.0 Å². The van der Waals surface area contributed by atoms with Crippen LogP contribution in [0, 0.1) is 0 Å². The summed E-state index contributed by atoms with van der Waals surface area (Å²) in [5.41, 5.74) is 3.90. The lowest BCUT2D eigenvalue weighted by Crippen LogP contribution is -2.29. The first-order valence-electron chi connectivity index (χ1n) is 5.97. The minimum Gasteiger partial charge on any atom is -0.265 e. The van der Waals surface area contributed by atoms with Gasteiger partial charge in [0.05, 0.1) is 16.8 Å². The molecule has 2 heteroatoms. The van der Waals surface area contributed by atoms with Gasteiger partial charge in [-0.2, -0.15) is 0 Å². The molecule has 0 saturated heterocycles. The Bertz CT molecular complexity index is 614. The first-order valence-corrected chi connectivity index (χ1v) is 5.97. The molecule has 1 aromatic rings. The molecule has 18 heavy (non-hydrogen) atoms. The molecule has 2 aliphatic rings. The molecule has 1 atom stereocenters. The zero-order valence-corrected chi connectivity index (χ0v) is 10.3. The van der Waals surface area contributed by atoms with Gasteiger partial charge in [-0.15, -0.1) is 0 Å². The number of para-hydroxylation sites is 1. The van der Waals surface area contributed by atoms with E-state index in [-0.39, 0.29) is 5.41 Å². The lowest BCUT2D eigenvalue weighted by Gasteiger charge is -2.24. The molecule has 0 aromatic heterocycles. The Hall–Kier alpha value is -2.22. The molecule has 0 fully saturated rings. The number of fused-ring (bicyclic) bond motifs is 2. The van der Waals surface area contributed by atoms with Crippen molar-refractivity contribution in [2.75, 3.05) is 0 Å². The summed E-state index contributed by atoms with van der Waals surface area (Å²) >= 11 is 0. The Kier molecular flexibility index (Phi) is 2.37. The van der Waals surface area contributed by atoms with Crippen molar-refractivity contribution in [3.05, 3.63) is 66.4 Å². The third-order valence-corrected chi connectivity index (χ3v) is 3.33. The van der Waals surface area contributed by atoms with Crippen molar-refractivity contribution in [2.45, 2.75) is 12.3 Å². The molecule has 3 rings (SSSR count). The van der Waals surface area contributed by atoms with Crippen LogP contribution in [0.15, 0.2) is 70.8 Å². The van der Waals surface area contributed by atoms with Crippen molar-refractivity contribution in [1.82, 2.24) is 0 Å². The van der Waals surface area contributed by atoms with Crippen LogP contribution in [-0.2, 0) is 5.41 Å². The average Bonchev–Trinajstić information content (AvgIpc) is 2.53. The van der Waals surface area contributed by atoms with Crippen molar-refractivity contribution >= 4 is 17.6 Å². The number of aliphatic imine (C=N–C) groups is 2. The van der Waals surface area contributed by atoms with Gasteiger partial charge in [-0.3, -0.25) is 9.98 Å². The van der Waals surface area contributed by atoms with Gasteiger partial charge < -0.3 is 0 Å². The lowest BCUT2D eigenvalue weighted by atomic mass is 9.75. The van der Waals surface area contributed by atoms with Gasteiger partial charge in [0.2, 0.25) is 0 Å². The van der Waals surface area contributed by atoms with Crippen molar-refractivity contribution in [3.8, 4) is 0 Å². The van der Waals surface area contributed by atoms with Crippen LogP contribution >= 0.6 is 0 Å². The number of allylic oxidation sites excluding steroid dienone is 4. The Morgan fingerprint density at radius 3 is 2.89 bits per heavy atom. The minimum absolute atomic E-state index is 0.307. The first-order chi connectivity index (χ1) is 8.74.